The molecule has 0 bridgehead atoms. The third kappa shape index (κ3) is 5.48. The summed E-state index contributed by atoms with van der Waals surface area (Å²) in [5.41, 5.74) is 2.01. The van der Waals surface area contributed by atoms with Crippen LogP contribution in [-0.4, -0.2) is 61.0 Å². The van der Waals surface area contributed by atoms with Crippen molar-refractivity contribution in [1.82, 2.24) is 15.1 Å². The number of carbonyl (C=O) groups excluding carboxylic acids is 2. The number of nitrogens with zero attached hydrogens (tertiary/aromatic N) is 2. The van der Waals surface area contributed by atoms with Crippen LogP contribution in [0.5, 0.6) is 0 Å². The van der Waals surface area contributed by atoms with Crippen LogP contribution >= 0.6 is 0 Å². The number of morpholine rings is 1. The zero-order valence-corrected chi connectivity index (χ0v) is 17.5. The second kappa shape index (κ2) is 10.0. The molecule has 2 atom stereocenters. The molecule has 0 aromatic heterocycles. The maximum atomic E-state index is 13.4. The van der Waals surface area contributed by atoms with Gasteiger partial charge in [0.15, 0.2) is 0 Å². The van der Waals surface area contributed by atoms with Crippen LogP contribution in [0.3, 0.4) is 0 Å². The van der Waals surface area contributed by atoms with Crippen LogP contribution in [0.15, 0.2) is 54.6 Å². The van der Waals surface area contributed by atoms with E-state index in [0.29, 0.717) is 32.8 Å². The average Bonchev–Trinajstić information content (AvgIpc) is 3.16. The van der Waals surface area contributed by atoms with Gasteiger partial charge in [-0.25, -0.2) is 4.39 Å². The molecule has 0 unspecified atom stereocenters. The molecule has 2 aromatic carbocycles. The number of benzene rings is 2. The van der Waals surface area contributed by atoms with Crippen molar-refractivity contribution >= 4 is 11.8 Å². The van der Waals surface area contributed by atoms with Gasteiger partial charge in [0.2, 0.25) is 11.8 Å². The van der Waals surface area contributed by atoms with E-state index in [0.717, 1.165) is 24.2 Å². The van der Waals surface area contributed by atoms with Crippen molar-refractivity contribution in [2.24, 2.45) is 5.92 Å². The number of halogens is 1. The number of rotatable bonds is 7. The predicted octanol–water partition coefficient (Wildman–Crippen LogP) is 2.36. The molecule has 0 spiro atoms. The first-order valence-corrected chi connectivity index (χ1v) is 10.8. The standard InChI is InChI=1S/C24H28FN3O3/c25-21-8-6-19(7-9-21)22(27-10-12-31-13-11-27)15-26-24(30)20-14-23(29)28(17-20)16-18-4-2-1-3-5-18/h1-9,20,22H,10-17H2,(H,26,30)/t20-,22-/m0/s1. The molecular weight excluding hydrogens is 397 g/mol. The van der Waals surface area contributed by atoms with Gasteiger partial charge < -0.3 is 15.0 Å². The summed E-state index contributed by atoms with van der Waals surface area (Å²) in [5.74, 6) is -0.734. The van der Waals surface area contributed by atoms with Gasteiger partial charge in [-0.1, -0.05) is 42.5 Å². The van der Waals surface area contributed by atoms with Gasteiger partial charge in [-0.2, -0.15) is 0 Å². The topological polar surface area (TPSA) is 61.9 Å². The van der Waals surface area contributed by atoms with Crippen LogP contribution in [0.25, 0.3) is 0 Å². The zero-order valence-electron chi connectivity index (χ0n) is 17.5. The monoisotopic (exact) mass is 425 g/mol. The van der Waals surface area contributed by atoms with E-state index in [-0.39, 0.29) is 36.0 Å². The highest BCUT2D eigenvalue weighted by Gasteiger charge is 2.34. The maximum absolute atomic E-state index is 13.4. The predicted molar refractivity (Wildman–Crippen MR) is 115 cm³/mol. The lowest BCUT2D eigenvalue weighted by molar-refractivity contribution is -0.129. The van der Waals surface area contributed by atoms with E-state index < -0.39 is 0 Å². The van der Waals surface area contributed by atoms with Gasteiger partial charge in [-0.15, -0.1) is 0 Å². The largest absolute Gasteiger partial charge is 0.379 e. The number of nitrogens with one attached hydrogen (secondary N) is 1. The molecule has 0 radical (unpaired) electrons. The summed E-state index contributed by atoms with van der Waals surface area (Å²) >= 11 is 0. The molecule has 0 saturated carbocycles. The fourth-order valence-electron chi connectivity index (χ4n) is 4.28. The van der Waals surface area contributed by atoms with Gasteiger partial charge >= 0.3 is 0 Å². The van der Waals surface area contributed by atoms with E-state index in [1.54, 1.807) is 17.0 Å². The van der Waals surface area contributed by atoms with Crippen LogP contribution in [-0.2, 0) is 20.9 Å². The molecule has 2 aliphatic rings. The fraction of sp³-hybridized carbons (Fsp3) is 0.417. The molecular formula is C24H28FN3O3. The van der Waals surface area contributed by atoms with Gasteiger partial charge in [0.25, 0.3) is 0 Å². The maximum Gasteiger partial charge on any atom is 0.225 e. The first-order chi connectivity index (χ1) is 15.1. The summed E-state index contributed by atoms with van der Waals surface area (Å²) in [5, 5.41) is 3.05. The Hall–Kier alpha value is -2.77. The molecule has 2 fully saturated rings. The summed E-state index contributed by atoms with van der Waals surface area (Å²) < 4.78 is 18.9. The lowest BCUT2D eigenvalue weighted by Crippen LogP contribution is -2.45. The summed E-state index contributed by atoms with van der Waals surface area (Å²) in [6.45, 7) is 4.14. The second-order valence-electron chi connectivity index (χ2n) is 8.12. The van der Waals surface area contributed by atoms with Crippen LogP contribution < -0.4 is 5.32 Å². The Morgan fingerprint density at radius 1 is 1.10 bits per heavy atom. The van der Waals surface area contributed by atoms with Gasteiger partial charge in [0, 0.05) is 39.1 Å². The van der Waals surface area contributed by atoms with Crippen molar-refractivity contribution in [2.75, 3.05) is 39.4 Å². The van der Waals surface area contributed by atoms with Crippen molar-refractivity contribution in [1.29, 1.82) is 0 Å². The average molecular weight is 426 g/mol. The summed E-state index contributed by atoms with van der Waals surface area (Å²) in [4.78, 5) is 29.3. The molecule has 4 rings (SSSR count). The number of hydrogen-bond donors (Lipinski definition) is 1. The third-order valence-corrected chi connectivity index (χ3v) is 6.01. The van der Waals surface area contributed by atoms with Crippen LogP contribution in [0, 0.1) is 11.7 Å². The SMILES string of the molecule is O=C(NC[C@@H](c1ccc(F)cc1)N1CCOCC1)[C@H]1CC(=O)N(Cc2ccccc2)C1. The normalized spacial score (nSPS) is 20.6. The number of hydrogen-bond acceptors (Lipinski definition) is 4. The highest BCUT2D eigenvalue weighted by Crippen LogP contribution is 2.24. The first kappa shape index (κ1) is 21.5. The third-order valence-electron chi connectivity index (χ3n) is 6.01. The van der Waals surface area contributed by atoms with E-state index in [9.17, 15) is 14.0 Å². The lowest BCUT2D eigenvalue weighted by Gasteiger charge is -2.35. The van der Waals surface area contributed by atoms with Gasteiger partial charge in [0.1, 0.15) is 5.82 Å². The Kier molecular flexibility index (Phi) is 6.94. The van der Waals surface area contributed by atoms with Crippen LogP contribution in [0.2, 0.25) is 0 Å². The van der Waals surface area contributed by atoms with E-state index in [4.69, 9.17) is 4.74 Å². The van der Waals surface area contributed by atoms with E-state index in [1.807, 2.05) is 30.3 Å². The minimum Gasteiger partial charge on any atom is -0.379 e. The van der Waals surface area contributed by atoms with E-state index in [1.165, 1.54) is 12.1 Å². The summed E-state index contributed by atoms with van der Waals surface area (Å²) in [6, 6.07) is 16.2. The van der Waals surface area contributed by atoms with Crippen molar-refractivity contribution in [3.8, 4) is 0 Å². The van der Waals surface area contributed by atoms with Gasteiger partial charge in [-0.3, -0.25) is 14.5 Å². The Morgan fingerprint density at radius 2 is 1.81 bits per heavy atom. The molecule has 2 aliphatic heterocycles. The molecule has 1 N–H and O–H groups in total. The van der Waals surface area contributed by atoms with E-state index in [2.05, 4.69) is 10.2 Å². The van der Waals surface area contributed by atoms with Crippen LogP contribution in [0.1, 0.15) is 23.6 Å². The number of likely N-dealkylation sites (tertiary alicyclic amines) is 1. The molecule has 2 amide bonds. The number of carbonyl (C=O) groups is 2. The smallest absolute Gasteiger partial charge is 0.225 e. The highest BCUT2D eigenvalue weighted by atomic mass is 19.1. The lowest BCUT2D eigenvalue weighted by atomic mass is 10.0. The van der Waals surface area contributed by atoms with Crippen molar-refractivity contribution in [3.05, 3.63) is 71.5 Å². The molecule has 2 saturated heterocycles. The summed E-state index contributed by atoms with van der Waals surface area (Å²) in [6.07, 6.45) is 0.234. The molecule has 7 heteroatoms. The molecule has 6 nitrogen and oxygen atoms in total. The van der Waals surface area contributed by atoms with Crippen molar-refractivity contribution < 1.29 is 18.7 Å². The summed E-state index contributed by atoms with van der Waals surface area (Å²) in [7, 11) is 0. The Balaban J connectivity index is 1.37. The molecule has 2 heterocycles. The minimum absolute atomic E-state index is 0.00673. The van der Waals surface area contributed by atoms with Gasteiger partial charge in [-0.05, 0) is 23.3 Å². The van der Waals surface area contributed by atoms with E-state index >= 15 is 0 Å². The molecule has 0 aliphatic carbocycles. The molecule has 31 heavy (non-hydrogen) atoms. The number of amides is 2. The first-order valence-electron chi connectivity index (χ1n) is 10.8. The minimum atomic E-state index is -0.352. The second-order valence-corrected chi connectivity index (χ2v) is 8.12. The highest BCUT2D eigenvalue weighted by molar-refractivity contribution is 5.89. The Bertz CT molecular complexity index is 885. The Morgan fingerprint density at radius 3 is 2.52 bits per heavy atom. The van der Waals surface area contributed by atoms with Crippen molar-refractivity contribution in [2.45, 2.75) is 19.0 Å². The number of ether oxygens (including phenoxy) is 1. The Labute approximate surface area is 182 Å². The zero-order chi connectivity index (χ0) is 21.6. The molecule has 2 aromatic rings. The quantitative estimate of drug-likeness (QED) is 0.740. The van der Waals surface area contributed by atoms with Crippen molar-refractivity contribution in [3.63, 3.8) is 0 Å². The van der Waals surface area contributed by atoms with Gasteiger partial charge in [0.05, 0.1) is 25.2 Å². The molecule has 164 valence electrons. The van der Waals surface area contributed by atoms with Crippen LogP contribution in [0.4, 0.5) is 4.39 Å². The fourth-order valence-corrected chi connectivity index (χ4v) is 4.28.